The molecule has 4 heterocycles. The maximum absolute atomic E-state index is 13.0. The molecular weight excluding hydrogens is 423 g/mol. The molecule has 4 aliphatic rings. The predicted molar refractivity (Wildman–Crippen MR) is 108 cm³/mol. The van der Waals surface area contributed by atoms with Crippen LogP contribution in [-0.2, 0) is 22.3 Å². The van der Waals surface area contributed by atoms with Crippen molar-refractivity contribution in [3.05, 3.63) is 59.9 Å². The van der Waals surface area contributed by atoms with Gasteiger partial charge in [0.25, 0.3) is 0 Å². The van der Waals surface area contributed by atoms with Gasteiger partial charge in [0, 0.05) is 43.4 Å². The second-order valence-corrected chi connectivity index (χ2v) is 8.86. The van der Waals surface area contributed by atoms with Gasteiger partial charge in [-0.15, -0.1) is 0 Å². The Morgan fingerprint density at radius 2 is 1.88 bits per heavy atom. The number of anilines is 1. The molecule has 0 radical (unpaired) electrons. The highest BCUT2D eigenvalue weighted by Gasteiger charge is 2.63. The van der Waals surface area contributed by atoms with Gasteiger partial charge in [0.15, 0.2) is 0 Å². The van der Waals surface area contributed by atoms with Crippen LogP contribution in [0.3, 0.4) is 0 Å². The Bertz CT molecular complexity index is 1030. The highest BCUT2D eigenvalue weighted by atomic mass is 19.4. The molecule has 1 aliphatic carbocycles. The topological polar surface area (TPSA) is 62.7 Å². The van der Waals surface area contributed by atoms with Crippen molar-refractivity contribution in [2.45, 2.75) is 25.6 Å². The standard InChI is InChI=1S/C23H22F3N3O3/c24-23(25,26)19-9-18(6-7-27-19)29-14-22(10-20(29)30)16-8-17(22)12-28(11-16)21(31)32-13-15-4-2-1-3-5-15/h1-7,9,16-17H,8,10-14H2. The van der Waals surface area contributed by atoms with Gasteiger partial charge in [-0.1, -0.05) is 30.3 Å². The molecule has 2 bridgehead atoms. The number of hydrogen-bond acceptors (Lipinski definition) is 4. The average Bonchev–Trinajstić information content (AvgIpc) is 3.17. The molecule has 1 saturated carbocycles. The minimum Gasteiger partial charge on any atom is -0.445 e. The first-order chi connectivity index (χ1) is 15.3. The Hall–Kier alpha value is -3.10. The number of fused-ring (bicyclic) bond motifs is 2. The third-order valence-electron chi connectivity index (χ3n) is 7.12. The van der Waals surface area contributed by atoms with E-state index in [1.807, 2.05) is 30.3 Å². The number of nitrogens with zero attached hydrogens (tertiary/aromatic N) is 3. The second-order valence-electron chi connectivity index (χ2n) is 8.86. The van der Waals surface area contributed by atoms with E-state index in [4.69, 9.17) is 4.74 Å². The van der Waals surface area contributed by atoms with Crippen molar-refractivity contribution >= 4 is 17.7 Å². The Kier molecular flexibility index (Phi) is 4.87. The summed E-state index contributed by atoms with van der Waals surface area (Å²) in [5.41, 5.74) is -0.176. The van der Waals surface area contributed by atoms with Crippen molar-refractivity contribution in [3.8, 4) is 0 Å². The van der Waals surface area contributed by atoms with E-state index in [0.717, 1.165) is 24.2 Å². The van der Waals surface area contributed by atoms with Crippen molar-refractivity contribution in [3.63, 3.8) is 0 Å². The van der Waals surface area contributed by atoms with Crippen molar-refractivity contribution in [2.24, 2.45) is 17.3 Å². The van der Waals surface area contributed by atoms with Gasteiger partial charge in [0.05, 0.1) is 0 Å². The highest BCUT2D eigenvalue weighted by molar-refractivity contribution is 5.96. The molecule has 3 aliphatic heterocycles. The minimum absolute atomic E-state index is 0.128. The fourth-order valence-electron chi connectivity index (χ4n) is 5.40. The predicted octanol–water partition coefficient (Wildman–Crippen LogP) is 4.11. The van der Waals surface area contributed by atoms with Crippen molar-refractivity contribution in [2.75, 3.05) is 24.5 Å². The van der Waals surface area contributed by atoms with E-state index in [0.29, 0.717) is 26.1 Å². The van der Waals surface area contributed by atoms with Crippen molar-refractivity contribution < 1.29 is 27.5 Å². The van der Waals surface area contributed by atoms with Crippen LogP contribution in [0.2, 0.25) is 0 Å². The zero-order valence-corrected chi connectivity index (χ0v) is 17.2. The smallest absolute Gasteiger partial charge is 0.433 e. The molecule has 3 saturated heterocycles. The monoisotopic (exact) mass is 445 g/mol. The lowest BCUT2D eigenvalue weighted by molar-refractivity contribution is -0.141. The summed E-state index contributed by atoms with van der Waals surface area (Å²) in [4.78, 5) is 31.8. The fourth-order valence-corrected chi connectivity index (χ4v) is 5.40. The first-order valence-corrected chi connectivity index (χ1v) is 10.6. The molecule has 1 spiro atoms. The normalized spacial score (nSPS) is 26.9. The Morgan fingerprint density at radius 3 is 2.56 bits per heavy atom. The van der Waals surface area contributed by atoms with Crippen LogP contribution in [0.4, 0.5) is 23.7 Å². The van der Waals surface area contributed by atoms with Gasteiger partial charge < -0.3 is 14.5 Å². The number of hydrogen-bond donors (Lipinski definition) is 0. The van der Waals surface area contributed by atoms with E-state index in [1.165, 1.54) is 11.0 Å². The third-order valence-corrected chi connectivity index (χ3v) is 7.12. The molecule has 168 valence electrons. The Labute approximate surface area is 183 Å². The van der Waals surface area contributed by atoms with Crippen LogP contribution >= 0.6 is 0 Å². The first-order valence-electron chi connectivity index (χ1n) is 10.6. The quantitative estimate of drug-likeness (QED) is 0.713. The highest BCUT2D eigenvalue weighted by Crippen LogP contribution is 2.60. The maximum atomic E-state index is 13.0. The number of pyridine rings is 1. The van der Waals surface area contributed by atoms with Gasteiger partial charge in [-0.2, -0.15) is 13.2 Å². The van der Waals surface area contributed by atoms with Crippen molar-refractivity contribution in [1.82, 2.24) is 9.88 Å². The van der Waals surface area contributed by atoms with Gasteiger partial charge in [0.1, 0.15) is 12.3 Å². The molecule has 1 aromatic carbocycles. The van der Waals surface area contributed by atoms with Crippen LogP contribution in [-0.4, -0.2) is 41.5 Å². The van der Waals surface area contributed by atoms with Gasteiger partial charge in [0.2, 0.25) is 5.91 Å². The van der Waals surface area contributed by atoms with Crippen molar-refractivity contribution in [1.29, 1.82) is 0 Å². The summed E-state index contributed by atoms with van der Waals surface area (Å²) in [7, 11) is 0. The lowest BCUT2D eigenvalue weighted by Gasteiger charge is -2.60. The van der Waals surface area contributed by atoms with Gasteiger partial charge >= 0.3 is 12.3 Å². The molecule has 2 unspecified atom stereocenters. The average molecular weight is 445 g/mol. The summed E-state index contributed by atoms with van der Waals surface area (Å²) in [6.45, 7) is 1.56. The van der Waals surface area contributed by atoms with Crippen LogP contribution in [0.1, 0.15) is 24.1 Å². The second kappa shape index (κ2) is 7.50. The van der Waals surface area contributed by atoms with Crippen LogP contribution in [0.5, 0.6) is 0 Å². The van der Waals surface area contributed by atoms with Gasteiger partial charge in [-0.05, 0) is 36.0 Å². The van der Waals surface area contributed by atoms with E-state index < -0.39 is 11.9 Å². The molecule has 2 atom stereocenters. The largest absolute Gasteiger partial charge is 0.445 e. The number of benzene rings is 1. The Balaban J connectivity index is 1.25. The first kappa shape index (κ1) is 20.8. The SMILES string of the molecule is O=C(OCc1ccccc1)N1CC2CC(C1)C21CC(=O)N(c2ccnc(C(F)(F)F)c2)C1. The number of piperidine rings is 2. The van der Waals surface area contributed by atoms with Crippen LogP contribution in [0.25, 0.3) is 0 Å². The lowest BCUT2D eigenvalue weighted by Crippen LogP contribution is -2.64. The van der Waals surface area contributed by atoms with Gasteiger partial charge in [-0.25, -0.2) is 4.79 Å². The number of carbonyl (C=O) groups is 2. The maximum Gasteiger partial charge on any atom is 0.433 e. The molecule has 32 heavy (non-hydrogen) atoms. The van der Waals surface area contributed by atoms with Crippen LogP contribution in [0.15, 0.2) is 48.7 Å². The zero-order chi connectivity index (χ0) is 22.5. The molecule has 9 heteroatoms. The molecule has 6 nitrogen and oxygen atoms in total. The summed E-state index contributed by atoms with van der Waals surface area (Å²) in [6, 6.07) is 11.8. The summed E-state index contributed by atoms with van der Waals surface area (Å²) >= 11 is 0. The van der Waals surface area contributed by atoms with E-state index >= 15 is 0 Å². The molecular formula is C23H22F3N3O3. The molecule has 0 N–H and O–H groups in total. The number of ether oxygens (including phenoxy) is 1. The van der Waals surface area contributed by atoms with E-state index in [1.54, 1.807) is 4.90 Å². The van der Waals surface area contributed by atoms with Crippen LogP contribution in [0, 0.1) is 17.3 Å². The molecule has 1 aromatic heterocycles. The molecule has 6 rings (SSSR count). The number of amides is 2. The number of alkyl halides is 3. The summed E-state index contributed by atoms with van der Waals surface area (Å²) in [5.74, 6) is 0.0749. The summed E-state index contributed by atoms with van der Waals surface area (Å²) < 4.78 is 44.6. The van der Waals surface area contributed by atoms with E-state index in [-0.39, 0.29) is 41.5 Å². The van der Waals surface area contributed by atoms with E-state index in [9.17, 15) is 22.8 Å². The lowest BCUT2D eigenvalue weighted by atomic mass is 9.50. The minimum atomic E-state index is -4.57. The molecule has 2 aromatic rings. The summed E-state index contributed by atoms with van der Waals surface area (Å²) in [6.07, 6.45) is -2.65. The Morgan fingerprint density at radius 1 is 1.16 bits per heavy atom. The number of halogens is 3. The fraction of sp³-hybridized carbons (Fsp3) is 0.435. The van der Waals surface area contributed by atoms with Gasteiger partial charge in [-0.3, -0.25) is 9.78 Å². The van der Waals surface area contributed by atoms with E-state index in [2.05, 4.69) is 4.98 Å². The number of carbonyl (C=O) groups excluding carboxylic acids is 2. The van der Waals surface area contributed by atoms with Crippen LogP contribution < -0.4 is 4.90 Å². The summed E-state index contributed by atoms with van der Waals surface area (Å²) in [5, 5.41) is 0. The number of aromatic nitrogens is 1. The molecule has 4 fully saturated rings. The third kappa shape index (κ3) is 3.49. The number of rotatable bonds is 3. The molecule has 2 amide bonds. The zero-order valence-electron chi connectivity index (χ0n) is 17.2.